The van der Waals surface area contributed by atoms with Crippen molar-refractivity contribution in [2.24, 2.45) is 11.7 Å². The smallest absolute Gasteiger partial charge is 0.304 e. The van der Waals surface area contributed by atoms with E-state index in [1.807, 2.05) is 0 Å². The van der Waals surface area contributed by atoms with Gasteiger partial charge in [0, 0.05) is 12.6 Å². The molecule has 0 spiro atoms. The number of carboxylic acids is 1. The Kier molecular flexibility index (Phi) is 5.65. The molecule has 4 nitrogen and oxygen atoms in total. The Labute approximate surface area is 91.2 Å². The molecule has 1 aliphatic carbocycles. The maximum atomic E-state index is 10.4. The van der Waals surface area contributed by atoms with Crippen molar-refractivity contribution in [3.05, 3.63) is 0 Å². The van der Waals surface area contributed by atoms with E-state index in [4.69, 9.17) is 10.8 Å². The summed E-state index contributed by atoms with van der Waals surface area (Å²) in [5.41, 5.74) is 5.65. The second-order valence-electron chi connectivity index (χ2n) is 4.52. The Bertz CT molecular complexity index is 191. The van der Waals surface area contributed by atoms with Crippen molar-refractivity contribution in [3.63, 3.8) is 0 Å². The van der Waals surface area contributed by atoms with Crippen LogP contribution >= 0.6 is 0 Å². The Morgan fingerprint density at radius 3 is 2.67 bits per heavy atom. The van der Waals surface area contributed by atoms with Crippen LogP contribution in [0.3, 0.4) is 0 Å². The third-order valence-corrected chi connectivity index (χ3v) is 3.00. The van der Waals surface area contributed by atoms with Crippen LogP contribution in [-0.4, -0.2) is 30.2 Å². The average molecular weight is 214 g/mol. The molecule has 1 fully saturated rings. The van der Waals surface area contributed by atoms with Crippen molar-refractivity contribution in [1.82, 2.24) is 5.32 Å². The van der Waals surface area contributed by atoms with Crippen LogP contribution in [0.2, 0.25) is 0 Å². The van der Waals surface area contributed by atoms with Gasteiger partial charge in [0.15, 0.2) is 0 Å². The molecule has 0 aliphatic heterocycles. The number of nitrogens with two attached hydrogens (primary N) is 1. The molecular weight excluding hydrogens is 192 g/mol. The summed E-state index contributed by atoms with van der Waals surface area (Å²) < 4.78 is 0. The number of nitrogens with one attached hydrogen (secondary N) is 1. The van der Waals surface area contributed by atoms with Crippen molar-refractivity contribution in [2.75, 3.05) is 13.1 Å². The maximum Gasteiger partial charge on any atom is 0.304 e. The average Bonchev–Trinajstić information content (AvgIpc) is 2.18. The number of carbonyl (C=O) groups is 1. The van der Waals surface area contributed by atoms with E-state index in [-0.39, 0.29) is 12.5 Å². The number of aliphatic carboxylic acids is 1. The summed E-state index contributed by atoms with van der Waals surface area (Å²) in [7, 11) is 0. The van der Waals surface area contributed by atoms with Gasteiger partial charge in [-0.05, 0) is 25.3 Å². The number of rotatable bonds is 6. The fraction of sp³-hybridized carbons (Fsp3) is 0.909. The molecule has 0 aromatic carbocycles. The predicted molar refractivity (Wildman–Crippen MR) is 59.7 cm³/mol. The summed E-state index contributed by atoms with van der Waals surface area (Å²) in [4.78, 5) is 10.4. The van der Waals surface area contributed by atoms with Gasteiger partial charge in [-0.1, -0.05) is 19.3 Å². The molecule has 88 valence electrons. The highest BCUT2D eigenvalue weighted by molar-refractivity contribution is 5.67. The van der Waals surface area contributed by atoms with Crippen LogP contribution in [0.15, 0.2) is 0 Å². The van der Waals surface area contributed by atoms with Crippen LogP contribution in [0, 0.1) is 5.92 Å². The lowest BCUT2D eigenvalue weighted by atomic mass is 9.89. The molecule has 0 saturated heterocycles. The van der Waals surface area contributed by atoms with Gasteiger partial charge < -0.3 is 16.2 Å². The molecule has 4 heteroatoms. The number of hydrogen-bond acceptors (Lipinski definition) is 3. The van der Waals surface area contributed by atoms with E-state index in [0.29, 0.717) is 6.54 Å². The van der Waals surface area contributed by atoms with Crippen LogP contribution in [0.4, 0.5) is 0 Å². The Morgan fingerprint density at radius 2 is 2.07 bits per heavy atom. The summed E-state index contributed by atoms with van der Waals surface area (Å²) >= 11 is 0. The minimum Gasteiger partial charge on any atom is -0.481 e. The van der Waals surface area contributed by atoms with Crippen LogP contribution in [0.5, 0.6) is 0 Å². The van der Waals surface area contributed by atoms with E-state index >= 15 is 0 Å². The Hall–Kier alpha value is -0.610. The SMILES string of the molecule is NC(CNCC1CCCCC1)CC(=O)O. The van der Waals surface area contributed by atoms with Crippen LogP contribution in [0.25, 0.3) is 0 Å². The van der Waals surface area contributed by atoms with Gasteiger partial charge in [-0.3, -0.25) is 4.79 Å². The fourth-order valence-corrected chi connectivity index (χ4v) is 2.16. The molecular formula is C11H22N2O2. The highest BCUT2D eigenvalue weighted by Gasteiger charge is 2.13. The molecule has 0 amide bonds. The molecule has 0 heterocycles. The molecule has 1 atom stereocenters. The Balaban J connectivity index is 2.02. The molecule has 4 N–H and O–H groups in total. The normalized spacial score (nSPS) is 20.1. The van der Waals surface area contributed by atoms with Crippen molar-refractivity contribution >= 4 is 5.97 Å². The first kappa shape index (κ1) is 12.5. The third kappa shape index (κ3) is 5.74. The van der Waals surface area contributed by atoms with E-state index in [1.54, 1.807) is 0 Å². The first-order chi connectivity index (χ1) is 7.18. The van der Waals surface area contributed by atoms with Crippen LogP contribution in [-0.2, 0) is 4.79 Å². The number of hydrogen-bond donors (Lipinski definition) is 3. The van der Waals surface area contributed by atoms with E-state index in [2.05, 4.69) is 5.32 Å². The molecule has 1 saturated carbocycles. The zero-order valence-corrected chi connectivity index (χ0v) is 9.24. The van der Waals surface area contributed by atoms with Crippen molar-refractivity contribution < 1.29 is 9.90 Å². The molecule has 15 heavy (non-hydrogen) atoms. The third-order valence-electron chi connectivity index (χ3n) is 3.00. The first-order valence-electron chi connectivity index (χ1n) is 5.86. The van der Waals surface area contributed by atoms with Gasteiger partial charge in [0.2, 0.25) is 0 Å². The van der Waals surface area contributed by atoms with E-state index in [9.17, 15) is 4.79 Å². The molecule has 0 aromatic heterocycles. The second-order valence-corrected chi connectivity index (χ2v) is 4.52. The zero-order chi connectivity index (χ0) is 11.1. The van der Waals surface area contributed by atoms with Crippen LogP contribution < -0.4 is 11.1 Å². The van der Waals surface area contributed by atoms with Gasteiger partial charge in [-0.15, -0.1) is 0 Å². The van der Waals surface area contributed by atoms with Crippen molar-refractivity contribution in [3.8, 4) is 0 Å². The lowest BCUT2D eigenvalue weighted by Crippen LogP contribution is -2.37. The molecule has 0 radical (unpaired) electrons. The van der Waals surface area contributed by atoms with Crippen LogP contribution in [0.1, 0.15) is 38.5 Å². The van der Waals surface area contributed by atoms with E-state index in [0.717, 1.165) is 12.5 Å². The monoisotopic (exact) mass is 214 g/mol. The van der Waals surface area contributed by atoms with E-state index < -0.39 is 5.97 Å². The second kappa shape index (κ2) is 6.80. The molecule has 1 rings (SSSR count). The molecule has 1 aliphatic rings. The highest BCUT2D eigenvalue weighted by atomic mass is 16.4. The van der Waals surface area contributed by atoms with Gasteiger partial charge >= 0.3 is 5.97 Å². The largest absolute Gasteiger partial charge is 0.481 e. The van der Waals surface area contributed by atoms with Crippen molar-refractivity contribution in [2.45, 2.75) is 44.6 Å². The minimum atomic E-state index is -0.818. The standard InChI is InChI=1S/C11H22N2O2/c12-10(6-11(14)15)8-13-7-9-4-2-1-3-5-9/h9-10,13H,1-8,12H2,(H,14,15). The summed E-state index contributed by atoms with van der Waals surface area (Å²) in [6, 6.07) is -0.258. The van der Waals surface area contributed by atoms with Gasteiger partial charge in [0.25, 0.3) is 0 Å². The lowest BCUT2D eigenvalue weighted by molar-refractivity contribution is -0.137. The summed E-state index contributed by atoms with van der Waals surface area (Å²) in [6.45, 7) is 1.61. The van der Waals surface area contributed by atoms with Gasteiger partial charge in [-0.25, -0.2) is 0 Å². The summed E-state index contributed by atoms with van der Waals surface area (Å²) in [5.74, 6) is -0.0438. The quantitative estimate of drug-likeness (QED) is 0.615. The zero-order valence-electron chi connectivity index (χ0n) is 9.24. The Morgan fingerprint density at radius 1 is 1.40 bits per heavy atom. The maximum absolute atomic E-state index is 10.4. The van der Waals surface area contributed by atoms with Crippen molar-refractivity contribution in [1.29, 1.82) is 0 Å². The predicted octanol–water partition coefficient (Wildman–Crippen LogP) is 0.958. The van der Waals surface area contributed by atoms with Gasteiger partial charge in [0.05, 0.1) is 6.42 Å². The summed E-state index contributed by atoms with van der Waals surface area (Å²) in [5, 5.41) is 11.8. The highest BCUT2D eigenvalue weighted by Crippen LogP contribution is 2.22. The van der Waals surface area contributed by atoms with Gasteiger partial charge in [0.1, 0.15) is 0 Å². The molecule has 1 unspecified atom stereocenters. The fourth-order valence-electron chi connectivity index (χ4n) is 2.16. The van der Waals surface area contributed by atoms with Gasteiger partial charge in [-0.2, -0.15) is 0 Å². The first-order valence-corrected chi connectivity index (χ1v) is 5.86. The molecule has 0 aromatic rings. The topological polar surface area (TPSA) is 75.3 Å². The number of carboxylic acid groups (broad SMARTS) is 1. The lowest BCUT2D eigenvalue weighted by Gasteiger charge is -2.22. The minimum absolute atomic E-state index is 0.0532. The molecule has 0 bridgehead atoms. The summed E-state index contributed by atoms with van der Waals surface area (Å²) in [6.07, 6.45) is 6.72. The van der Waals surface area contributed by atoms with E-state index in [1.165, 1.54) is 32.1 Å².